The number of nitrogens with zero attached hydrogens (tertiary/aromatic N) is 4. The molecule has 4 aromatic rings. The van der Waals surface area contributed by atoms with Gasteiger partial charge in [-0.15, -0.1) is 21.5 Å². The minimum absolute atomic E-state index is 0.166. The van der Waals surface area contributed by atoms with E-state index >= 15 is 0 Å². The Morgan fingerprint density at radius 3 is 2.62 bits per heavy atom. The van der Waals surface area contributed by atoms with Crippen LogP contribution in [-0.4, -0.2) is 31.4 Å². The molecule has 174 valence electrons. The molecule has 0 saturated heterocycles. The minimum Gasteiger partial charge on any atom is -0.301 e. The lowest BCUT2D eigenvalue weighted by molar-refractivity contribution is -0.113. The molecule has 1 fully saturated rings. The van der Waals surface area contributed by atoms with Crippen molar-refractivity contribution in [2.75, 3.05) is 11.1 Å². The number of hydrogen-bond donors (Lipinski definition) is 1. The lowest BCUT2D eigenvalue weighted by Crippen LogP contribution is -2.14. The topological polar surface area (TPSA) is 72.7 Å². The number of rotatable bonds is 7. The summed E-state index contributed by atoms with van der Waals surface area (Å²) in [5, 5.41) is 14.6. The molecule has 1 aliphatic rings. The van der Waals surface area contributed by atoms with Crippen molar-refractivity contribution < 1.29 is 9.18 Å². The van der Waals surface area contributed by atoms with E-state index in [0.29, 0.717) is 21.7 Å². The number of benzene rings is 2. The van der Waals surface area contributed by atoms with E-state index in [2.05, 4.69) is 53.4 Å². The second kappa shape index (κ2) is 9.31. The summed E-state index contributed by atoms with van der Waals surface area (Å²) < 4.78 is 16.3. The van der Waals surface area contributed by atoms with Crippen LogP contribution in [0.1, 0.15) is 35.6 Å². The predicted octanol–water partition coefficient (Wildman–Crippen LogP) is 6.20. The van der Waals surface area contributed by atoms with Crippen LogP contribution in [0, 0.1) is 26.6 Å². The normalized spacial score (nSPS) is 13.3. The van der Waals surface area contributed by atoms with Crippen LogP contribution in [0.5, 0.6) is 0 Å². The maximum Gasteiger partial charge on any atom is 0.236 e. The number of aromatic nitrogens is 4. The molecular weight excluding hydrogens is 469 g/mol. The average Bonchev–Trinajstić information content (AvgIpc) is 3.38. The first kappa shape index (κ1) is 22.7. The number of anilines is 1. The fourth-order valence-corrected chi connectivity index (χ4v) is 5.70. The molecule has 34 heavy (non-hydrogen) atoms. The fraction of sp³-hybridized carbons (Fsp3) is 0.280. The van der Waals surface area contributed by atoms with Gasteiger partial charge in [0, 0.05) is 17.0 Å². The molecule has 0 aliphatic heterocycles. The largest absolute Gasteiger partial charge is 0.301 e. The number of nitrogens with one attached hydrogen (secondary N) is 1. The van der Waals surface area contributed by atoms with Gasteiger partial charge in [0.15, 0.2) is 16.1 Å². The van der Waals surface area contributed by atoms with E-state index in [0.717, 1.165) is 24.1 Å². The van der Waals surface area contributed by atoms with Gasteiger partial charge >= 0.3 is 0 Å². The number of aryl methyl sites for hydroxylation is 3. The zero-order valence-corrected chi connectivity index (χ0v) is 20.8. The van der Waals surface area contributed by atoms with Crippen molar-refractivity contribution in [2.24, 2.45) is 0 Å². The van der Waals surface area contributed by atoms with Crippen molar-refractivity contribution in [3.63, 3.8) is 0 Å². The highest BCUT2D eigenvalue weighted by Gasteiger charge is 2.31. The number of thiazole rings is 1. The predicted molar refractivity (Wildman–Crippen MR) is 135 cm³/mol. The monoisotopic (exact) mass is 493 g/mol. The van der Waals surface area contributed by atoms with Crippen LogP contribution >= 0.6 is 23.1 Å². The zero-order chi connectivity index (χ0) is 23.8. The van der Waals surface area contributed by atoms with Crippen LogP contribution in [0.4, 0.5) is 9.52 Å². The summed E-state index contributed by atoms with van der Waals surface area (Å²) in [5.41, 5.74) is 5.95. The summed E-state index contributed by atoms with van der Waals surface area (Å²) in [5.74, 6) is 0.183. The Labute approximate surface area is 205 Å². The van der Waals surface area contributed by atoms with E-state index in [4.69, 9.17) is 0 Å². The summed E-state index contributed by atoms with van der Waals surface area (Å²) in [4.78, 5) is 17.3. The van der Waals surface area contributed by atoms with Crippen molar-refractivity contribution in [2.45, 2.75) is 44.8 Å². The summed E-state index contributed by atoms with van der Waals surface area (Å²) in [6.07, 6.45) is 2.00. The Morgan fingerprint density at radius 2 is 1.91 bits per heavy atom. The molecule has 1 saturated carbocycles. The molecule has 2 aromatic heterocycles. The van der Waals surface area contributed by atoms with E-state index in [9.17, 15) is 9.18 Å². The van der Waals surface area contributed by atoms with Crippen molar-refractivity contribution in [3.8, 4) is 22.6 Å². The molecule has 9 heteroatoms. The van der Waals surface area contributed by atoms with Gasteiger partial charge in [0.25, 0.3) is 0 Å². The smallest absolute Gasteiger partial charge is 0.236 e. The second-order valence-electron chi connectivity index (χ2n) is 8.54. The molecule has 1 N–H and O–H groups in total. The van der Waals surface area contributed by atoms with Crippen LogP contribution in [-0.2, 0) is 4.79 Å². The quantitative estimate of drug-likeness (QED) is 0.310. The van der Waals surface area contributed by atoms with Gasteiger partial charge in [-0.2, -0.15) is 0 Å². The maximum atomic E-state index is 14.3. The first-order valence-corrected chi connectivity index (χ1v) is 12.9. The van der Waals surface area contributed by atoms with Gasteiger partial charge in [-0.3, -0.25) is 9.36 Å². The van der Waals surface area contributed by atoms with Crippen molar-refractivity contribution in [1.29, 1.82) is 0 Å². The molecule has 1 amide bonds. The first-order chi connectivity index (χ1) is 16.4. The van der Waals surface area contributed by atoms with E-state index < -0.39 is 0 Å². The molecule has 0 atom stereocenters. The van der Waals surface area contributed by atoms with Crippen LogP contribution in [0.25, 0.3) is 22.6 Å². The summed E-state index contributed by atoms with van der Waals surface area (Å²) >= 11 is 2.72. The van der Waals surface area contributed by atoms with E-state index in [1.165, 1.54) is 45.9 Å². The number of carbonyl (C=O) groups excluding carboxylic acids is 1. The Bertz CT molecular complexity index is 1350. The van der Waals surface area contributed by atoms with Crippen LogP contribution < -0.4 is 5.32 Å². The highest BCUT2D eigenvalue weighted by molar-refractivity contribution is 7.99. The molecule has 2 aromatic carbocycles. The lowest BCUT2D eigenvalue weighted by atomic mass is 9.98. The molecule has 6 nitrogen and oxygen atoms in total. The van der Waals surface area contributed by atoms with Gasteiger partial charge in [0.1, 0.15) is 5.82 Å². The number of carbonyl (C=O) groups is 1. The van der Waals surface area contributed by atoms with Crippen LogP contribution in [0.15, 0.2) is 46.9 Å². The van der Waals surface area contributed by atoms with Gasteiger partial charge in [-0.25, -0.2) is 9.37 Å². The standard InChI is InChI=1S/C25H24FN5OS2/c1-14-10-15(2)22(16(3)11-14)20-12-33-24(27-20)28-21(32)13-34-25-30-29-23(31(25)17-8-9-17)18-6-4-5-7-19(18)26/h4-7,10-12,17H,8-9,13H2,1-3H3,(H,27,28,32). The van der Waals surface area contributed by atoms with Crippen LogP contribution in [0.3, 0.4) is 0 Å². The highest BCUT2D eigenvalue weighted by Crippen LogP contribution is 2.41. The Hall–Kier alpha value is -3.04. The number of halogens is 1. The molecule has 2 heterocycles. The van der Waals surface area contributed by atoms with Gasteiger partial charge < -0.3 is 5.32 Å². The Kier molecular flexibility index (Phi) is 6.22. The summed E-state index contributed by atoms with van der Waals surface area (Å²) in [6, 6.07) is 11.1. The SMILES string of the molecule is Cc1cc(C)c(-c2csc(NC(=O)CSc3nnc(-c4ccccc4F)n3C3CC3)n2)c(C)c1. The summed E-state index contributed by atoms with van der Waals surface area (Å²) in [6.45, 7) is 6.24. The third kappa shape index (κ3) is 4.63. The molecule has 0 bridgehead atoms. The molecule has 0 spiro atoms. The van der Waals surface area contributed by atoms with Gasteiger partial charge in [0.05, 0.1) is 17.0 Å². The van der Waals surface area contributed by atoms with E-state index in [1.54, 1.807) is 18.2 Å². The third-order valence-corrected chi connectivity index (χ3v) is 7.41. The van der Waals surface area contributed by atoms with E-state index in [1.807, 2.05) is 9.95 Å². The molecular formula is C25H24FN5OS2. The Balaban J connectivity index is 1.28. The van der Waals surface area contributed by atoms with E-state index in [-0.39, 0.29) is 23.5 Å². The molecule has 0 radical (unpaired) electrons. The number of amides is 1. The van der Waals surface area contributed by atoms with Crippen molar-refractivity contribution >= 4 is 34.1 Å². The lowest BCUT2D eigenvalue weighted by Gasteiger charge is -2.09. The summed E-state index contributed by atoms with van der Waals surface area (Å²) in [7, 11) is 0. The molecule has 0 unspecified atom stereocenters. The molecule has 5 rings (SSSR count). The number of thioether (sulfide) groups is 1. The first-order valence-electron chi connectivity index (χ1n) is 11.1. The van der Waals surface area contributed by atoms with Crippen LogP contribution in [0.2, 0.25) is 0 Å². The van der Waals surface area contributed by atoms with Crippen molar-refractivity contribution in [3.05, 3.63) is 64.3 Å². The minimum atomic E-state index is -0.329. The zero-order valence-electron chi connectivity index (χ0n) is 19.1. The second-order valence-corrected chi connectivity index (χ2v) is 10.3. The third-order valence-electron chi connectivity index (χ3n) is 5.71. The average molecular weight is 494 g/mol. The maximum absolute atomic E-state index is 14.3. The highest BCUT2D eigenvalue weighted by atomic mass is 32.2. The van der Waals surface area contributed by atoms with Crippen molar-refractivity contribution in [1.82, 2.24) is 19.7 Å². The number of hydrogen-bond acceptors (Lipinski definition) is 6. The van der Waals surface area contributed by atoms with Gasteiger partial charge in [-0.05, 0) is 56.9 Å². The fourth-order valence-electron chi connectivity index (χ4n) is 4.18. The molecule has 1 aliphatic carbocycles. The van der Waals surface area contributed by atoms with Gasteiger partial charge in [0.2, 0.25) is 5.91 Å². The van der Waals surface area contributed by atoms with Gasteiger partial charge in [-0.1, -0.05) is 41.6 Å². The Morgan fingerprint density at radius 1 is 1.18 bits per heavy atom.